The van der Waals surface area contributed by atoms with Crippen molar-refractivity contribution in [2.24, 2.45) is 0 Å². The normalized spacial score (nSPS) is 19.3. The zero-order valence-corrected chi connectivity index (χ0v) is 10.4. The van der Waals surface area contributed by atoms with Gasteiger partial charge in [0, 0.05) is 18.2 Å². The van der Waals surface area contributed by atoms with Crippen molar-refractivity contribution in [1.29, 1.82) is 0 Å². The van der Waals surface area contributed by atoms with E-state index in [2.05, 4.69) is 10.1 Å². The van der Waals surface area contributed by atoms with Crippen LogP contribution in [0.5, 0.6) is 0 Å². The average Bonchev–Trinajstić information content (AvgIpc) is 2.99. The first-order valence-corrected chi connectivity index (χ1v) is 6.09. The predicted octanol–water partition coefficient (Wildman–Crippen LogP) is 2.48. The molecule has 1 atom stereocenters. The molecule has 1 aromatic heterocycles. The van der Waals surface area contributed by atoms with Crippen LogP contribution in [0.15, 0.2) is 22.7 Å². The second-order valence-corrected chi connectivity index (χ2v) is 4.63. The summed E-state index contributed by atoms with van der Waals surface area (Å²) in [5, 5.41) is 4.48. The molecule has 0 bridgehead atoms. The first kappa shape index (κ1) is 11.5. The van der Waals surface area contributed by atoms with E-state index in [1.54, 1.807) is 18.2 Å². The molecule has 3 rings (SSSR count). The molecule has 1 saturated heterocycles. The van der Waals surface area contributed by atoms with Gasteiger partial charge in [0.15, 0.2) is 5.82 Å². The fourth-order valence-electron chi connectivity index (χ4n) is 2.01. The Morgan fingerprint density at radius 3 is 3.00 bits per heavy atom. The minimum Gasteiger partial charge on any atom is -0.398 e. The van der Waals surface area contributed by atoms with Crippen molar-refractivity contribution >= 4 is 17.3 Å². The van der Waals surface area contributed by atoms with E-state index in [1.807, 2.05) is 0 Å². The second kappa shape index (κ2) is 4.59. The van der Waals surface area contributed by atoms with Crippen LogP contribution in [-0.2, 0) is 4.74 Å². The van der Waals surface area contributed by atoms with Gasteiger partial charge in [0.1, 0.15) is 0 Å². The van der Waals surface area contributed by atoms with Gasteiger partial charge in [-0.25, -0.2) is 0 Å². The maximum atomic E-state index is 6.10. The lowest BCUT2D eigenvalue weighted by Gasteiger charge is -2.02. The molecule has 5 nitrogen and oxygen atoms in total. The Morgan fingerprint density at radius 1 is 1.39 bits per heavy atom. The van der Waals surface area contributed by atoms with Gasteiger partial charge in [-0.05, 0) is 18.6 Å². The third kappa shape index (κ3) is 1.95. The molecule has 2 N–H and O–H groups in total. The highest BCUT2D eigenvalue weighted by Crippen LogP contribution is 2.33. The van der Waals surface area contributed by atoms with Gasteiger partial charge in [-0.3, -0.25) is 0 Å². The van der Waals surface area contributed by atoms with Gasteiger partial charge in [-0.2, -0.15) is 4.98 Å². The van der Waals surface area contributed by atoms with Crippen molar-refractivity contribution in [3.05, 3.63) is 29.0 Å². The van der Waals surface area contributed by atoms with Crippen molar-refractivity contribution in [3.63, 3.8) is 0 Å². The van der Waals surface area contributed by atoms with Crippen LogP contribution in [-0.4, -0.2) is 23.4 Å². The van der Waals surface area contributed by atoms with Crippen LogP contribution in [0, 0.1) is 0 Å². The number of aromatic nitrogens is 2. The quantitative estimate of drug-likeness (QED) is 0.845. The molecule has 1 aliphatic heterocycles. The third-order valence-electron chi connectivity index (χ3n) is 3.00. The van der Waals surface area contributed by atoms with Crippen LogP contribution in [0.1, 0.15) is 18.2 Å². The van der Waals surface area contributed by atoms with Gasteiger partial charge in [-0.1, -0.05) is 22.8 Å². The standard InChI is InChI=1S/C12H12ClN3O2/c13-8-2-1-3-9(14)10(8)12-15-11(16-18-12)7-4-5-17-6-7/h1-3,7H,4-6,14H2. The first-order chi connectivity index (χ1) is 8.75. The molecule has 18 heavy (non-hydrogen) atoms. The van der Waals surface area contributed by atoms with Gasteiger partial charge in [0.05, 0.1) is 17.2 Å². The van der Waals surface area contributed by atoms with Crippen LogP contribution in [0.3, 0.4) is 0 Å². The molecular weight excluding hydrogens is 254 g/mol. The highest BCUT2D eigenvalue weighted by molar-refractivity contribution is 6.33. The van der Waals surface area contributed by atoms with Crippen molar-refractivity contribution in [2.75, 3.05) is 18.9 Å². The summed E-state index contributed by atoms with van der Waals surface area (Å²) in [5.41, 5.74) is 7.00. The third-order valence-corrected chi connectivity index (χ3v) is 3.31. The largest absolute Gasteiger partial charge is 0.398 e. The van der Waals surface area contributed by atoms with E-state index >= 15 is 0 Å². The van der Waals surface area contributed by atoms with Gasteiger partial charge >= 0.3 is 0 Å². The molecule has 6 heteroatoms. The lowest BCUT2D eigenvalue weighted by Crippen LogP contribution is -1.99. The minimum atomic E-state index is 0.200. The number of hydrogen-bond acceptors (Lipinski definition) is 5. The predicted molar refractivity (Wildman–Crippen MR) is 67.3 cm³/mol. The molecule has 1 fully saturated rings. The number of benzene rings is 1. The number of hydrogen-bond donors (Lipinski definition) is 1. The van der Waals surface area contributed by atoms with E-state index in [0.717, 1.165) is 13.0 Å². The number of rotatable bonds is 2. The van der Waals surface area contributed by atoms with Crippen molar-refractivity contribution < 1.29 is 9.26 Å². The summed E-state index contributed by atoms with van der Waals surface area (Å²) in [6.45, 7) is 1.37. The van der Waals surface area contributed by atoms with E-state index in [1.165, 1.54) is 0 Å². The Labute approximate surface area is 109 Å². The van der Waals surface area contributed by atoms with E-state index in [-0.39, 0.29) is 5.92 Å². The smallest absolute Gasteiger partial charge is 0.261 e. The Morgan fingerprint density at radius 2 is 2.28 bits per heavy atom. The Bertz CT molecular complexity index is 544. The molecule has 0 amide bonds. The van der Waals surface area contributed by atoms with E-state index in [9.17, 15) is 0 Å². The monoisotopic (exact) mass is 265 g/mol. The number of ether oxygens (including phenoxy) is 1. The van der Waals surface area contributed by atoms with Crippen molar-refractivity contribution in [2.45, 2.75) is 12.3 Å². The van der Waals surface area contributed by atoms with Crippen molar-refractivity contribution in [3.8, 4) is 11.5 Å². The molecule has 0 radical (unpaired) electrons. The van der Waals surface area contributed by atoms with Crippen LogP contribution in [0.25, 0.3) is 11.5 Å². The molecule has 1 unspecified atom stereocenters. The number of halogens is 1. The van der Waals surface area contributed by atoms with Crippen LogP contribution in [0.2, 0.25) is 5.02 Å². The van der Waals surface area contributed by atoms with E-state index in [0.29, 0.717) is 34.6 Å². The SMILES string of the molecule is Nc1cccc(Cl)c1-c1nc(C2CCOC2)no1. The lowest BCUT2D eigenvalue weighted by atomic mass is 10.1. The maximum Gasteiger partial charge on any atom is 0.261 e. The molecule has 0 spiro atoms. The molecule has 0 aliphatic carbocycles. The summed E-state index contributed by atoms with van der Waals surface area (Å²) in [5.74, 6) is 1.22. The first-order valence-electron chi connectivity index (χ1n) is 5.71. The van der Waals surface area contributed by atoms with Crippen LogP contribution >= 0.6 is 11.6 Å². The summed E-state index contributed by atoms with van der Waals surface area (Å²) < 4.78 is 10.5. The van der Waals surface area contributed by atoms with Crippen LogP contribution in [0.4, 0.5) is 5.69 Å². The zero-order chi connectivity index (χ0) is 12.5. The van der Waals surface area contributed by atoms with E-state index < -0.39 is 0 Å². The zero-order valence-electron chi connectivity index (χ0n) is 9.60. The molecule has 94 valence electrons. The second-order valence-electron chi connectivity index (χ2n) is 4.22. The number of anilines is 1. The highest BCUT2D eigenvalue weighted by atomic mass is 35.5. The Balaban J connectivity index is 1.97. The highest BCUT2D eigenvalue weighted by Gasteiger charge is 2.24. The molecular formula is C12H12ClN3O2. The number of nitrogen functional groups attached to an aromatic ring is 1. The minimum absolute atomic E-state index is 0.200. The van der Waals surface area contributed by atoms with E-state index in [4.69, 9.17) is 26.6 Å². The summed E-state index contributed by atoms with van der Waals surface area (Å²) in [6, 6.07) is 5.28. The number of nitrogens with zero attached hydrogens (tertiary/aromatic N) is 2. The maximum absolute atomic E-state index is 6.10. The Hall–Kier alpha value is -1.59. The Kier molecular flexibility index (Phi) is 2.93. The van der Waals surface area contributed by atoms with Crippen LogP contribution < -0.4 is 5.73 Å². The summed E-state index contributed by atoms with van der Waals surface area (Å²) in [6.07, 6.45) is 0.914. The number of nitrogens with two attached hydrogens (primary N) is 1. The van der Waals surface area contributed by atoms with Gasteiger partial charge < -0.3 is 15.0 Å². The van der Waals surface area contributed by atoms with Gasteiger partial charge in [0.25, 0.3) is 5.89 Å². The van der Waals surface area contributed by atoms with Gasteiger partial charge in [0.2, 0.25) is 0 Å². The molecule has 1 aliphatic rings. The fraction of sp³-hybridized carbons (Fsp3) is 0.333. The summed E-state index contributed by atoms with van der Waals surface area (Å²) in [7, 11) is 0. The fourth-order valence-corrected chi connectivity index (χ4v) is 2.27. The molecule has 2 heterocycles. The molecule has 2 aromatic rings. The van der Waals surface area contributed by atoms with Gasteiger partial charge in [-0.15, -0.1) is 0 Å². The lowest BCUT2D eigenvalue weighted by molar-refractivity contribution is 0.192. The van der Waals surface area contributed by atoms with Crippen molar-refractivity contribution in [1.82, 2.24) is 10.1 Å². The molecule has 0 saturated carbocycles. The molecule has 1 aromatic carbocycles. The summed E-state index contributed by atoms with van der Waals surface area (Å²) >= 11 is 6.10. The summed E-state index contributed by atoms with van der Waals surface area (Å²) in [4.78, 5) is 4.36. The topological polar surface area (TPSA) is 74.2 Å². The average molecular weight is 266 g/mol.